The van der Waals surface area contributed by atoms with Gasteiger partial charge in [-0.2, -0.15) is 0 Å². The van der Waals surface area contributed by atoms with Gasteiger partial charge in [-0.1, -0.05) is 54.6 Å². The second-order valence-corrected chi connectivity index (χ2v) is 9.34. The number of rotatable bonds is 9. The Morgan fingerprint density at radius 1 is 0.972 bits per heavy atom. The predicted octanol–water partition coefficient (Wildman–Crippen LogP) is 2.99. The summed E-state index contributed by atoms with van der Waals surface area (Å²) in [6.45, 7) is 1.71. The third-order valence-electron chi connectivity index (χ3n) is 7.17. The summed E-state index contributed by atoms with van der Waals surface area (Å²) >= 11 is 0. The van der Waals surface area contributed by atoms with Gasteiger partial charge in [-0.3, -0.25) is 19.3 Å². The largest absolute Gasteiger partial charge is 0.492 e. The molecule has 2 fully saturated rings. The summed E-state index contributed by atoms with van der Waals surface area (Å²) in [5, 5.41) is 2.68. The Morgan fingerprint density at radius 3 is 2.28 bits per heavy atom. The molecule has 8 nitrogen and oxygen atoms in total. The van der Waals surface area contributed by atoms with E-state index in [1.165, 1.54) is 0 Å². The quantitative estimate of drug-likeness (QED) is 0.331. The first-order chi connectivity index (χ1) is 17.5. The van der Waals surface area contributed by atoms with Crippen molar-refractivity contribution in [2.45, 2.75) is 25.8 Å². The molecule has 2 aromatic carbocycles. The first kappa shape index (κ1) is 23.8. The number of hydrogen-bond acceptors (Lipinski definition) is 6. The van der Waals surface area contributed by atoms with E-state index in [9.17, 15) is 19.2 Å². The van der Waals surface area contributed by atoms with Gasteiger partial charge in [0.25, 0.3) is 5.91 Å². The number of ether oxygens (including phenoxy) is 2. The zero-order chi connectivity index (χ0) is 25.2. The monoisotopic (exact) mass is 488 g/mol. The highest BCUT2D eigenvalue weighted by Crippen LogP contribution is 2.53. The van der Waals surface area contributed by atoms with Crippen LogP contribution >= 0.6 is 0 Å². The topological polar surface area (TPSA) is 102 Å². The number of allylic oxidation sites excluding steroid dienone is 2. The average Bonchev–Trinajstić information content (AvgIpc) is 3.57. The second-order valence-electron chi connectivity index (χ2n) is 9.34. The van der Waals surface area contributed by atoms with Gasteiger partial charge in [-0.15, -0.1) is 0 Å². The molecule has 0 unspecified atom stereocenters. The highest BCUT2D eigenvalue weighted by molar-refractivity contribution is 6.09. The molecule has 0 radical (unpaired) electrons. The number of carbonyl (C=O) groups excluding carboxylic acids is 4. The molecule has 1 N–H and O–H groups in total. The molecule has 1 saturated carbocycles. The van der Waals surface area contributed by atoms with Gasteiger partial charge in [0.05, 0.1) is 24.1 Å². The number of anilines is 1. The Kier molecular flexibility index (Phi) is 6.59. The van der Waals surface area contributed by atoms with E-state index in [1.54, 1.807) is 24.3 Å². The number of amides is 3. The summed E-state index contributed by atoms with van der Waals surface area (Å²) in [5.41, 5.74) is 1.25. The van der Waals surface area contributed by atoms with Crippen LogP contribution in [-0.2, 0) is 30.3 Å². The van der Waals surface area contributed by atoms with Crippen molar-refractivity contribution in [3.05, 3.63) is 72.3 Å². The van der Waals surface area contributed by atoms with E-state index in [-0.39, 0.29) is 30.1 Å². The van der Waals surface area contributed by atoms with E-state index in [0.717, 1.165) is 16.9 Å². The molecule has 2 bridgehead atoms. The van der Waals surface area contributed by atoms with Gasteiger partial charge in [-0.25, -0.2) is 4.79 Å². The van der Waals surface area contributed by atoms with Crippen molar-refractivity contribution < 1.29 is 28.7 Å². The van der Waals surface area contributed by atoms with Crippen molar-refractivity contribution in [3.63, 3.8) is 0 Å². The van der Waals surface area contributed by atoms with Gasteiger partial charge in [0.1, 0.15) is 11.8 Å². The van der Waals surface area contributed by atoms with E-state index >= 15 is 0 Å². The molecule has 8 heteroatoms. The molecular weight excluding hydrogens is 460 g/mol. The molecule has 0 spiro atoms. The van der Waals surface area contributed by atoms with E-state index in [1.807, 2.05) is 49.4 Å². The van der Waals surface area contributed by atoms with Crippen LogP contribution < -0.4 is 10.1 Å². The van der Waals surface area contributed by atoms with E-state index in [2.05, 4.69) is 5.32 Å². The van der Waals surface area contributed by atoms with Crippen molar-refractivity contribution in [3.8, 4) is 5.75 Å². The molecule has 1 saturated heterocycles. The Hall–Kier alpha value is -3.94. The number of benzene rings is 2. The fraction of sp³-hybridized carbons (Fsp3) is 0.357. The van der Waals surface area contributed by atoms with Crippen molar-refractivity contribution in [2.24, 2.45) is 23.7 Å². The number of likely N-dealkylation sites (tertiary alicyclic amines) is 1. The molecule has 1 aliphatic heterocycles. The smallest absolute Gasteiger partial charge is 0.330 e. The lowest BCUT2D eigenvalue weighted by molar-refractivity contribution is -0.160. The third-order valence-corrected chi connectivity index (χ3v) is 7.17. The standard InChI is InChI=1S/C28H28N2O6/c1-2-35-22-11-7-6-10-20(22)29-23(31)16-36-28(34)21(14-17-8-4-3-5-9-17)30-26(32)24-18-12-13-19(15-18)25(24)27(30)33/h3-13,18-19,21,24-25H,2,14-16H2,1H3,(H,29,31)/t18-,19-,21+,24-,25+/m0/s1. The first-order valence-electron chi connectivity index (χ1n) is 12.3. The minimum Gasteiger partial charge on any atom is -0.492 e. The Bertz CT molecular complexity index is 1180. The number of para-hydroxylation sites is 2. The number of esters is 1. The van der Waals surface area contributed by atoms with Crippen molar-refractivity contribution in [2.75, 3.05) is 18.5 Å². The molecule has 2 aromatic rings. The third kappa shape index (κ3) is 4.39. The van der Waals surface area contributed by atoms with E-state index in [0.29, 0.717) is 18.0 Å². The predicted molar refractivity (Wildman–Crippen MR) is 131 cm³/mol. The molecule has 1 heterocycles. The number of fused-ring (bicyclic) bond motifs is 5. The highest BCUT2D eigenvalue weighted by Gasteiger charge is 2.61. The van der Waals surface area contributed by atoms with Gasteiger partial charge in [0.15, 0.2) is 6.61 Å². The zero-order valence-electron chi connectivity index (χ0n) is 20.0. The average molecular weight is 489 g/mol. The highest BCUT2D eigenvalue weighted by atomic mass is 16.5. The summed E-state index contributed by atoms with van der Waals surface area (Å²) in [6.07, 6.45) is 4.94. The summed E-state index contributed by atoms with van der Waals surface area (Å²) in [6, 6.07) is 15.0. The Labute approximate surface area is 209 Å². The molecule has 5 atom stereocenters. The van der Waals surface area contributed by atoms with Gasteiger partial charge in [0.2, 0.25) is 11.8 Å². The molecule has 2 aliphatic carbocycles. The van der Waals surface area contributed by atoms with E-state index < -0.39 is 36.4 Å². The van der Waals surface area contributed by atoms with Crippen LogP contribution in [0, 0.1) is 23.7 Å². The maximum Gasteiger partial charge on any atom is 0.330 e. The number of hydrogen-bond donors (Lipinski definition) is 1. The van der Waals surface area contributed by atoms with Crippen LogP contribution in [0.25, 0.3) is 0 Å². The number of nitrogens with one attached hydrogen (secondary N) is 1. The SMILES string of the molecule is CCOc1ccccc1NC(=O)COC(=O)[C@@H](Cc1ccccc1)N1C(=O)[C@@H]2[C@H](C1=O)[C@H]1C=C[C@H]2C1. The minimum absolute atomic E-state index is 0.0334. The van der Waals surface area contributed by atoms with E-state index in [4.69, 9.17) is 9.47 Å². The summed E-state index contributed by atoms with van der Waals surface area (Å²) in [5.74, 6) is -2.25. The summed E-state index contributed by atoms with van der Waals surface area (Å²) in [4.78, 5) is 53.7. The van der Waals surface area contributed by atoms with Crippen molar-refractivity contribution >= 4 is 29.4 Å². The molecular formula is C28H28N2O6. The lowest BCUT2D eigenvalue weighted by atomic mass is 9.85. The Balaban J connectivity index is 1.31. The van der Waals surface area contributed by atoms with Crippen molar-refractivity contribution in [1.29, 1.82) is 0 Å². The van der Waals surface area contributed by atoms with Gasteiger partial charge in [0, 0.05) is 6.42 Å². The van der Waals surface area contributed by atoms with Crippen LogP contribution in [0.3, 0.4) is 0 Å². The van der Waals surface area contributed by atoms with Gasteiger partial charge in [-0.05, 0) is 42.9 Å². The molecule has 186 valence electrons. The van der Waals surface area contributed by atoms with Crippen LogP contribution in [0.15, 0.2) is 66.7 Å². The maximum absolute atomic E-state index is 13.4. The maximum atomic E-state index is 13.4. The molecule has 5 rings (SSSR count). The summed E-state index contributed by atoms with van der Waals surface area (Å²) < 4.78 is 10.9. The summed E-state index contributed by atoms with van der Waals surface area (Å²) in [7, 11) is 0. The van der Waals surface area contributed by atoms with Gasteiger partial charge < -0.3 is 14.8 Å². The van der Waals surface area contributed by atoms with Crippen LogP contribution in [-0.4, -0.2) is 47.8 Å². The molecule has 36 heavy (non-hydrogen) atoms. The number of carbonyl (C=O) groups is 4. The normalized spacial score (nSPS) is 24.5. The fourth-order valence-corrected chi connectivity index (χ4v) is 5.62. The van der Waals surface area contributed by atoms with Gasteiger partial charge >= 0.3 is 5.97 Å². The van der Waals surface area contributed by atoms with Crippen LogP contribution in [0.1, 0.15) is 18.9 Å². The molecule has 3 aliphatic rings. The van der Waals surface area contributed by atoms with Crippen LogP contribution in [0.4, 0.5) is 5.69 Å². The molecule has 3 amide bonds. The second kappa shape index (κ2) is 9.97. The number of imide groups is 1. The van der Waals surface area contributed by atoms with Crippen LogP contribution in [0.2, 0.25) is 0 Å². The minimum atomic E-state index is -1.14. The zero-order valence-corrected chi connectivity index (χ0v) is 20.0. The fourth-order valence-electron chi connectivity index (χ4n) is 5.62. The van der Waals surface area contributed by atoms with Crippen LogP contribution in [0.5, 0.6) is 5.75 Å². The van der Waals surface area contributed by atoms with Crippen molar-refractivity contribution in [1.82, 2.24) is 4.90 Å². The molecule has 0 aromatic heterocycles. The lowest BCUT2D eigenvalue weighted by Gasteiger charge is -2.26. The lowest BCUT2D eigenvalue weighted by Crippen LogP contribution is -2.48. The first-order valence-corrected chi connectivity index (χ1v) is 12.3. The number of nitrogens with zero attached hydrogens (tertiary/aromatic N) is 1. The Morgan fingerprint density at radius 2 is 1.61 bits per heavy atom.